The van der Waals surface area contributed by atoms with E-state index in [0.29, 0.717) is 12.2 Å². The van der Waals surface area contributed by atoms with Gasteiger partial charge in [0.1, 0.15) is 0 Å². The summed E-state index contributed by atoms with van der Waals surface area (Å²) in [6.07, 6.45) is -4.49. The van der Waals surface area contributed by atoms with Crippen molar-refractivity contribution in [1.82, 2.24) is 0 Å². The number of nitrogens with one attached hydrogen (secondary N) is 2. The largest absolute Gasteiger partial charge is 0.416 e. The SMILES string of the molecule is CC(CN)C(=O)Nc1cc(C(F)(F)F)ccc1NCc1ccccc1. The minimum Gasteiger partial charge on any atom is -0.379 e. The van der Waals surface area contributed by atoms with Gasteiger partial charge in [0.15, 0.2) is 0 Å². The number of anilines is 2. The Morgan fingerprint density at radius 3 is 2.40 bits per heavy atom. The molecule has 4 N–H and O–H groups in total. The average molecular weight is 351 g/mol. The van der Waals surface area contributed by atoms with Crippen LogP contribution in [0.1, 0.15) is 18.1 Å². The predicted octanol–water partition coefficient (Wildman–Crippen LogP) is 3.85. The quantitative estimate of drug-likeness (QED) is 0.740. The minimum atomic E-state index is -4.49. The van der Waals surface area contributed by atoms with E-state index in [1.807, 2.05) is 30.3 Å². The number of hydrogen-bond acceptors (Lipinski definition) is 3. The molecule has 2 rings (SSSR count). The molecule has 0 aromatic heterocycles. The first-order valence-electron chi connectivity index (χ1n) is 7.81. The number of amides is 1. The van der Waals surface area contributed by atoms with Crippen LogP contribution in [0, 0.1) is 5.92 Å². The average Bonchev–Trinajstić information content (AvgIpc) is 2.59. The summed E-state index contributed by atoms with van der Waals surface area (Å²) < 4.78 is 38.9. The van der Waals surface area contributed by atoms with Gasteiger partial charge in [0.2, 0.25) is 5.91 Å². The Morgan fingerprint density at radius 2 is 1.80 bits per heavy atom. The normalized spacial score (nSPS) is 12.5. The monoisotopic (exact) mass is 351 g/mol. The van der Waals surface area contributed by atoms with Crippen LogP contribution in [0.25, 0.3) is 0 Å². The molecule has 134 valence electrons. The maximum Gasteiger partial charge on any atom is 0.416 e. The topological polar surface area (TPSA) is 67.2 Å². The third-order valence-corrected chi connectivity index (χ3v) is 3.73. The molecule has 0 saturated carbocycles. The van der Waals surface area contributed by atoms with E-state index < -0.39 is 23.6 Å². The lowest BCUT2D eigenvalue weighted by Gasteiger charge is -2.17. The van der Waals surface area contributed by atoms with E-state index in [0.717, 1.165) is 17.7 Å². The smallest absolute Gasteiger partial charge is 0.379 e. The Balaban J connectivity index is 2.25. The predicted molar refractivity (Wildman–Crippen MR) is 92.1 cm³/mol. The van der Waals surface area contributed by atoms with Crippen molar-refractivity contribution in [3.8, 4) is 0 Å². The van der Waals surface area contributed by atoms with Crippen molar-refractivity contribution in [2.45, 2.75) is 19.6 Å². The van der Waals surface area contributed by atoms with Crippen molar-refractivity contribution in [2.75, 3.05) is 17.2 Å². The van der Waals surface area contributed by atoms with Gasteiger partial charge in [0.25, 0.3) is 0 Å². The molecule has 25 heavy (non-hydrogen) atoms. The molecule has 2 aromatic rings. The molecule has 0 heterocycles. The zero-order valence-corrected chi connectivity index (χ0v) is 13.7. The highest BCUT2D eigenvalue weighted by Gasteiger charge is 2.31. The van der Waals surface area contributed by atoms with Crippen molar-refractivity contribution in [3.05, 3.63) is 59.7 Å². The summed E-state index contributed by atoms with van der Waals surface area (Å²) in [6, 6.07) is 12.6. The molecule has 1 atom stereocenters. The summed E-state index contributed by atoms with van der Waals surface area (Å²) in [5.74, 6) is -0.930. The molecule has 0 aliphatic rings. The van der Waals surface area contributed by atoms with Crippen LogP contribution in [0.2, 0.25) is 0 Å². The first-order valence-corrected chi connectivity index (χ1v) is 7.81. The lowest BCUT2D eigenvalue weighted by atomic mass is 10.1. The third-order valence-electron chi connectivity index (χ3n) is 3.73. The van der Waals surface area contributed by atoms with E-state index >= 15 is 0 Å². The fourth-order valence-electron chi connectivity index (χ4n) is 2.13. The summed E-state index contributed by atoms with van der Waals surface area (Å²) in [4.78, 5) is 12.0. The van der Waals surface area contributed by atoms with Gasteiger partial charge >= 0.3 is 6.18 Å². The first-order chi connectivity index (χ1) is 11.8. The van der Waals surface area contributed by atoms with Crippen LogP contribution in [0.15, 0.2) is 48.5 Å². The second-order valence-electron chi connectivity index (χ2n) is 5.72. The summed E-state index contributed by atoms with van der Waals surface area (Å²) in [5, 5.41) is 5.59. The van der Waals surface area contributed by atoms with E-state index in [9.17, 15) is 18.0 Å². The molecular formula is C18H20F3N3O. The van der Waals surface area contributed by atoms with Gasteiger partial charge in [-0.2, -0.15) is 13.2 Å². The minimum absolute atomic E-state index is 0.0797. The number of benzene rings is 2. The van der Waals surface area contributed by atoms with Crippen molar-refractivity contribution in [1.29, 1.82) is 0 Å². The summed E-state index contributed by atoms with van der Waals surface area (Å²) in [5.41, 5.74) is 6.08. The van der Waals surface area contributed by atoms with Gasteiger partial charge < -0.3 is 16.4 Å². The molecule has 0 bridgehead atoms. The fraction of sp³-hybridized carbons (Fsp3) is 0.278. The molecule has 1 unspecified atom stereocenters. The Morgan fingerprint density at radius 1 is 1.12 bits per heavy atom. The molecule has 2 aromatic carbocycles. The standard InChI is InChI=1S/C18H20F3N3O/c1-12(10-22)17(25)24-16-9-14(18(19,20)21)7-8-15(16)23-11-13-5-3-2-4-6-13/h2-9,12,23H,10-11,22H2,1H3,(H,24,25). The molecule has 0 saturated heterocycles. The molecule has 0 aliphatic carbocycles. The number of carbonyl (C=O) groups excluding carboxylic acids is 1. The second kappa shape index (κ2) is 8.02. The van der Waals surface area contributed by atoms with Crippen LogP contribution < -0.4 is 16.4 Å². The highest BCUT2D eigenvalue weighted by atomic mass is 19.4. The highest BCUT2D eigenvalue weighted by molar-refractivity contribution is 5.95. The Hall–Kier alpha value is -2.54. The third kappa shape index (κ3) is 5.22. The van der Waals surface area contributed by atoms with Crippen molar-refractivity contribution in [3.63, 3.8) is 0 Å². The number of nitrogens with two attached hydrogens (primary N) is 1. The maximum atomic E-state index is 13.0. The van der Waals surface area contributed by atoms with Crippen LogP contribution in [-0.2, 0) is 17.5 Å². The number of hydrogen-bond donors (Lipinski definition) is 3. The zero-order valence-electron chi connectivity index (χ0n) is 13.7. The molecule has 0 spiro atoms. The van der Waals surface area contributed by atoms with E-state index in [1.54, 1.807) is 6.92 Å². The fourth-order valence-corrected chi connectivity index (χ4v) is 2.13. The molecule has 0 radical (unpaired) electrons. The molecule has 0 fully saturated rings. The van der Waals surface area contributed by atoms with Gasteiger partial charge in [-0.1, -0.05) is 37.3 Å². The Kier molecular flexibility index (Phi) is 6.03. The lowest BCUT2D eigenvalue weighted by Crippen LogP contribution is -2.27. The van der Waals surface area contributed by atoms with Crippen LogP contribution in [0.3, 0.4) is 0 Å². The van der Waals surface area contributed by atoms with Gasteiger partial charge in [-0.3, -0.25) is 4.79 Å². The maximum absolute atomic E-state index is 13.0. The first kappa shape index (κ1) is 18.8. The van der Waals surface area contributed by atoms with Gasteiger partial charge in [-0.15, -0.1) is 0 Å². The van der Waals surface area contributed by atoms with Gasteiger partial charge in [0.05, 0.1) is 16.9 Å². The summed E-state index contributed by atoms with van der Waals surface area (Å²) in [6.45, 7) is 2.14. The summed E-state index contributed by atoms with van der Waals surface area (Å²) in [7, 11) is 0. The molecule has 4 nitrogen and oxygen atoms in total. The molecular weight excluding hydrogens is 331 g/mol. The second-order valence-corrected chi connectivity index (χ2v) is 5.72. The van der Waals surface area contributed by atoms with Gasteiger partial charge in [0, 0.05) is 19.0 Å². The zero-order chi connectivity index (χ0) is 18.4. The Labute approximate surface area is 144 Å². The van der Waals surface area contributed by atoms with Crippen LogP contribution >= 0.6 is 0 Å². The molecule has 0 aliphatic heterocycles. The highest BCUT2D eigenvalue weighted by Crippen LogP contribution is 2.34. The van der Waals surface area contributed by atoms with Crippen molar-refractivity contribution < 1.29 is 18.0 Å². The molecule has 7 heteroatoms. The number of halogens is 3. The van der Waals surface area contributed by atoms with E-state index in [1.165, 1.54) is 6.07 Å². The van der Waals surface area contributed by atoms with Crippen LogP contribution in [0.5, 0.6) is 0 Å². The number of rotatable bonds is 6. The van der Waals surface area contributed by atoms with Crippen molar-refractivity contribution in [2.24, 2.45) is 11.7 Å². The van der Waals surface area contributed by atoms with Gasteiger partial charge in [-0.25, -0.2) is 0 Å². The van der Waals surface area contributed by atoms with Crippen LogP contribution in [-0.4, -0.2) is 12.5 Å². The van der Waals surface area contributed by atoms with Crippen LogP contribution in [0.4, 0.5) is 24.5 Å². The van der Waals surface area contributed by atoms with Gasteiger partial charge in [-0.05, 0) is 23.8 Å². The van der Waals surface area contributed by atoms with E-state index in [4.69, 9.17) is 5.73 Å². The van der Waals surface area contributed by atoms with Crippen molar-refractivity contribution >= 4 is 17.3 Å². The van der Waals surface area contributed by atoms with E-state index in [-0.39, 0.29) is 12.2 Å². The molecule has 1 amide bonds. The lowest BCUT2D eigenvalue weighted by molar-refractivity contribution is -0.137. The number of alkyl halides is 3. The Bertz CT molecular complexity index is 717. The van der Waals surface area contributed by atoms with E-state index in [2.05, 4.69) is 10.6 Å². The number of carbonyl (C=O) groups is 1. The summed E-state index contributed by atoms with van der Waals surface area (Å²) >= 11 is 0.